The fraction of sp³-hybridized carbons (Fsp3) is 0.710. The third kappa shape index (κ3) is 28.0. The van der Waals surface area contributed by atoms with Crippen molar-refractivity contribution in [3.63, 3.8) is 0 Å². The van der Waals surface area contributed by atoms with E-state index >= 15 is 0 Å². The minimum absolute atomic E-state index is 0.850. The maximum absolute atomic E-state index is 12.4. The van der Waals surface area contributed by atoms with E-state index in [4.69, 9.17) is 0 Å². The number of hydrogen-bond acceptors (Lipinski definition) is 0. The second-order valence-electron chi connectivity index (χ2n) is 21.7. The summed E-state index contributed by atoms with van der Waals surface area (Å²) in [4.78, 5) is 0. The summed E-state index contributed by atoms with van der Waals surface area (Å²) in [5, 5.41) is 0. The molecule has 71 heavy (non-hydrogen) atoms. The van der Waals surface area contributed by atoms with Gasteiger partial charge >= 0.3 is 0 Å². The van der Waals surface area contributed by atoms with Crippen LogP contribution < -0.4 is 0 Å². The molecule has 1 heterocycles. The van der Waals surface area contributed by atoms with Gasteiger partial charge in [-0.15, -0.1) is 23.7 Å². The van der Waals surface area contributed by atoms with Gasteiger partial charge in [0.1, 0.15) is 0 Å². The standard InChI is InChI=1S/C69H110N2/c1-6-11-14-16-18-20-22-24-26-28-30-32-34-36-38-40-42-44-46-49-51-63-56-54-61(9-4)58-66(63)68-60-65(53-48-13-8-3)69(71(68)70)67-59-62(10-5)55-57-64(67)52-50-47-45-43-41-39-37-35-33-31-29-27-25-23-21-19-17-15-12-7-2/h54-60H,6-43,48-53H2,1-5H3. The van der Waals surface area contributed by atoms with Crippen LogP contribution in [0, 0.1) is 23.7 Å². The molecule has 0 saturated carbocycles. The summed E-state index contributed by atoms with van der Waals surface area (Å²) in [5.41, 5.74) is 23.1. The van der Waals surface area contributed by atoms with E-state index in [0.29, 0.717) is 0 Å². The first-order valence-electron chi connectivity index (χ1n) is 31.2. The van der Waals surface area contributed by atoms with Crippen LogP contribution in [-0.4, -0.2) is 4.70 Å². The van der Waals surface area contributed by atoms with Crippen molar-refractivity contribution in [1.82, 2.24) is 0 Å². The molecule has 0 atom stereocenters. The monoisotopic (exact) mass is 967 g/mol. The first kappa shape index (κ1) is 61.9. The Morgan fingerprint density at radius 3 is 1.06 bits per heavy atom. The Morgan fingerprint density at radius 2 is 0.676 bits per heavy atom. The molecule has 0 N–H and O–H groups in total. The fourth-order valence-corrected chi connectivity index (χ4v) is 10.6. The van der Waals surface area contributed by atoms with Crippen molar-refractivity contribution in [2.24, 2.45) is 0 Å². The largest absolute Gasteiger partial charge is 0.493 e. The summed E-state index contributed by atoms with van der Waals surface area (Å²) >= 11 is 0. The van der Waals surface area contributed by atoms with Gasteiger partial charge in [-0.25, -0.2) is 4.70 Å². The summed E-state index contributed by atoms with van der Waals surface area (Å²) in [6.07, 6.45) is 59.0. The summed E-state index contributed by atoms with van der Waals surface area (Å²) in [6.45, 7) is 11.4. The van der Waals surface area contributed by atoms with E-state index in [-0.39, 0.29) is 0 Å². The number of aryl methyl sites for hydroxylation is 4. The Bertz CT molecular complexity index is 1870. The average Bonchev–Trinajstić information content (AvgIpc) is 3.71. The topological polar surface area (TPSA) is 25.3 Å². The van der Waals surface area contributed by atoms with Crippen molar-refractivity contribution in [2.75, 3.05) is 0 Å². The molecule has 0 fully saturated rings. The van der Waals surface area contributed by atoms with Crippen LogP contribution in [0.3, 0.4) is 0 Å². The van der Waals surface area contributed by atoms with Gasteiger partial charge in [-0.2, -0.15) is 0 Å². The lowest BCUT2D eigenvalue weighted by atomic mass is 9.94. The van der Waals surface area contributed by atoms with Gasteiger partial charge in [0.2, 0.25) is 11.4 Å². The lowest BCUT2D eigenvalue weighted by Gasteiger charge is -2.16. The van der Waals surface area contributed by atoms with Crippen LogP contribution in [0.4, 0.5) is 0 Å². The van der Waals surface area contributed by atoms with E-state index in [0.717, 1.165) is 81.2 Å². The van der Waals surface area contributed by atoms with Crippen molar-refractivity contribution in [3.05, 3.63) is 87.0 Å². The molecule has 0 saturated heterocycles. The molecule has 1 aliphatic rings. The van der Waals surface area contributed by atoms with Crippen molar-refractivity contribution >= 4 is 11.4 Å². The fourth-order valence-electron chi connectivity index (χ4n) is 10.6. The molecule has 3 rings (SSSR count). The third-order valence-corrected chi connectivity index (χ3v) is 15.4. The van der Waals surface area contributed by atoms with Gasteiger partial charge in [-0.1, -0.05) is 264 Å². The van der Waals surface area contributed by atoms with Crippen LogP contribution >= 0.6 is 0 Å². The first-order valence-corrected chi connectivity index (χ1v) is 31.2. The van der Waals surface area contributed by atoms with Gasteiger partial charge in [0.15, 0.2) is 0 Å². The Kier molecular flexibility index (Phi) is 37.6. The normalized spacial score (nSPS) is 12.4. The predicted molar refractivity (Wildman–Crippen MR) is 315 cm³/mol. The lowest BCUT2D eigenvalue weighted by Crippen LogP contribution is -2.07. The second-order valence-corrected chi connectivity index (χ2v) is 21.7. The third-order valence-electron chi connectivity index (χ3n) is 15.4. The number of rotatable bonds is 44. The van der Waals surface area contributed by atoms with Gasteiger partial charge in [-0.3, -0.25) is 0 Å². The summed E-state index contributed by atoms with van der Waals surface area (Å²) in [6, 6.07) is 13.9. The Balaban J connectivity index is 1.47. The highest BCUT2D eigenvalue weighted by molar-refractivity contribution is 5.80. The van der Waals surface area contributed by atoms with E-state index < -0.39 is 0 Å². The van der Waals surface area contributed by atoms with Crippen molar-refractivity contribution in [3.8, 4) is 23.7 Å². The molecule has 2 nitrogen and oxygen atoms in total. The number of benzene rings is 2. The molecule has 0 unspecified atom stereocenters. The van der Waals surface area contributed by atoms with Crippen LogP contribution in [0.1, 0.15) is 325 Å². The minimum Gasteiger partial charge on any atom is -0.493 e. The van der Waals surface area contributed by atoms with Gasteiger partial charge < -0.3 is 5.53 Å². The molecule has 0 amide bonds. The highest BCUT2D eigenvalue weighted by atomic mass is 15.2. The highest BCUT2D eigenvalue weighted by Gasteiger charge is 2.31. The van der Waals surface area contributed by atoms with Crippen LogP contribution in [0.2, 0.25) is 0 Å². The molecule has 0 aromatic heterocycles. The number of allylic oxidation sites excluding steroid dienone is 2. The molecule has 1 aliphatic heterocycles. The van der Waals surface area contributed by atoms with E-state index in [1.165, 1.54) is 252 Å². The van der Waals surface area contributed by atoms with E-state index in [1.807, 2.05) is 0 Å². The van der Waals surface area contributed by atoms with Crippen molar-refractivity contribution in [1.29, 1.82) is 0 Å². The van der Waals surface area contributed by atoms with Crippen LogP contribution in [0.15, 0.2) is 48.0 Å². The molecule has 2 aromatic carbocycles. The second kappa shape index (κ2) is 43.1. The minimum atomic E-state index is 0.850. The maximum Gasteiger partial charge on any atom is 0.211 e. The molecule has 396 valence electrons. The predicted octanol–water partition coefficient (Wildman–Crippen LogP) is 22.4. The Morgan fingerprint density at radius 1 is 0.352 bits per heavy atom. The van der Waals surface area contributed by atoms with Gasteiger partial charge in [0.25, 0.3) is 0 Å². The summed E-state index contributed by atoms with van der Waals surface area (Å²) < 4.78 is 1.56. The molecule has 0 spiro atoms. The SMILES string of the molecule is CCCCCCCCCCCCCCCCCCC#CCCc1ccc(CC)cc1C1=CC(CCCCC)=C(c2cc(CC)ccc2CCC#CCCCCCCCCCCCCCCCCCC)[N+]1=[N-]. The summed E-state index contributed by atoms with van der Waals surface area (Å²) in [7, 11) is 0. The van der Waals surface area contributed by atoms with Gasteiger partial charge in [0.05, 0.1) is 0 Å². The molecular weight excluding hydrogens is 857 g/mol. The van der Waals surface area contributed by atoms with E-state index in [9.17, 15) is 5.53 Å². The van der Waals surface area contributed by atoms with Crippen LogP contribution in [0.25, 0.3) is 16.9 Å². The Labute approximate surface area is 441 Å². The maximum atomic E-state index is 12.4. The average molecular weight is 968 g/mol. The zero-order valence-electron chi connectivity index (χ0n) is 47.5. The molecule has 0 aliphatic carbocycles. The van der Waals surface area contributed by atoms with Crippen LogP contribution in [0.5, 0.6) is 0 Å². The first-order chi connectivity index (χ1) is 35.1. The number of hydrogen-bond donors (Lipinski definition) is 0. The van der Waals surface area contributed by atoms with Gasteiger partial charge in [0, 0.05) is 48.5 Å². The number of unbranched alkanes of at least 4 members (excludes halogenated alkanes) is 34. The molecule has 2 heteroatoms. The highest BCUT2D eigenvalue weighted by Crippen LogP contribution is 2.40. The smallest absolute Gasteiger partial charge is 0.211 e. The molecular formula is C69H110N2. The molecule has 2 aromatic rings. The zero-order chi connectivity index (χ0) is 50.7. The molecule has 0 bridgehead atoms. The quantitative estimate of drug-likeness (QED) is 0.0359. The lowest BCUT2D eigenvalue weighted by molar-refractivity contribution is -0.344. The van der Waals surface area contributed by atoms with E-state index in [2.05, 4.69) is 101 Å². The van der Waals surface area contributed by atoms with E-state index in [1.54, 1.807) is 4.70 Å². The number of nitrogens with zero attached hydrogens (tertiary/aromatic N) is 2. The van der Waals surface area contributed by atoms with Gasteiger partial charge in [-0.05, 0) is 85.8 Å². The van der Waals surface area contributed by atoms with Crippen LogP contribution in [-0.2, 0) is 25.7 Å². The molecule has 0 radical (unpaired) electrons. The zero-order valence-corrected chi connectivity index (χ0v) is 47.5. The Hall–Kier alpha value is -3.36. The summed E-state index contributed by atoms with van der Waals surface area (Å²) in [5.74, 6) is 14.1. The van der Waals surface area contributed by atoms with Crippen molar-refractivity contribution in [2.45, 2.75) is 317 Å². The van der Waals surface area contributed by atoms with Crippen molar-refractivity contribution < 1.29 is 4.70 Å².